The van der Waals surface area contributed by atoms with E-state index in [4.69, 9.17) is 0 Å². The maximum absolute atomic E-state index is 13.3. The van der Waals surface area contributed by atoms with E-state index in [0.717, 1.165) is 11.3 Å². The summed E-state index contributed by atoms with van der Waals surface area (Å²) in [6, 6.07) is 19.8. The Bertz CT molecular complexity index is 1170. The highest BCUT2D eigenvalue weighted by atomic mass is 16.2. The molecule has 2 heterocycles. The van der Waals surface area contributed by atoms with Crippen molar-refractivity contribution >= 4 is 23.2 Å². The molecule has 4 aromatic rings. The molecule has 0 spiro atoms. The van der Waals surface area contributed by atoms with Crippen LogP contribution in [0.4, 0.5) is 11.4 Å². The number of carbonyl (C=O) groups excluding carboxylic acids is 2. The van der Waals surface area contributed by atoms with E-state index in [1.54, 1.807) is 58.1 Å². The van der Waals surface area contributed by atoms with Crippen molar-refractivity contribution < 1.29 is 9.59 Å². The molecular formula is C25H26N6O2. The van der Waals surface area contributed by atoms with Crippen LogP contribution in [0.15, 0.2) is 91.5 Å². The molecule has 0 fully saturated rings. The number of benzene rings is 2. The number of carbonyl (C=O) groups is 2. The lowest BCUT2D eigenvalue weighted by molar-refractivity contribution is -0.121. The molecule has 0 saturated heterocycles. The van der Waals surface area contributed by atoms with E-state index >= 15 is 0 Å². The summed E-state index contributed by atoms with van der Waals surface area (Å²) in [4.78, 5) is 27.6. The number of para-hydroxylation sites is 1. The Morgan fingerprint density at radius 1 is 0.848 bits per heavy atom. The van der Waals surface area contributed by atoms with Crippen LogP contribution in [-0.2, 0) is 16.1 Å². The van der Waals surface area contributed by atoms with Gasteiger partial charge in [0, 0.05) is 36.2 Å². The molecule has 8 heteroatoms. The highest BCUT2D eigenvalue weighted by Crippen LogP contribution is 2.22. The number of hydrogen-bond donors (Lipinski definition) is 1. The molecule has 2 atom stereocenters. The van der Waals surface area contributed by atoms with Gasteiger partial charge in [0.25, 0.3) is 5.91 Å². The van der Waals surface area contributed by atoms with Gasteiger partial charge in [-0.1, -0.05) is 30.3 Å². The van der Waals surface area contributed by atoms with Crippen molar-refractivity contribution in [2.75, 3.05) is 10.2 Å². The van der Waals surface area contributed by atoms with Crippen LogP contribution in [0.3, 0.4) is 0 Å². The first-order valence-electron chi connectivity index (χ1n) is 10.8. The number of anilines is 2. The molecule has 0 aliphatic heterocycles. The summed E-state index contributed by atoms with van der Waals surface area (Å²) >= 11 is 0. The van der Waals surface area contributed by atoms with Crippen LogP contribution >= 0.6 is 0 Å². The molecule has 0 radical (unpaired) electrons. The topological polar surface area (TPSA) is 85.0 Å². The fraction of sp³-hybridized carbons (Fsp3) is 0.200. The lowest BCUT2D eigenvalue weighted by atomic mass is 10.1. The zero-order valence-electron chi connectivity index (χ0n) is 18.6. The maximum Gasteiger partial charge on any atom is 0.251 e. The van der Waals surface area contributed by atoms with Gasteiger partial charge in [0.2, 0.25) is 5.91 Å². The highest BCUT2D eigenvalue weighted by Gasteiger charge is 2.24. The SMILES string of the molecule is C[C@H](C(=O)Nc1ccc(CN(C(=O)[C@H](C)n2cccn2)c2ccccc2)cc1)n1cccn1. The van der Waals surface area contributed by atoms with E-state index in [2.05, 4.69) is 15.5 Å². The van der Waals surface area contributed by atoms with Gasteiger partial charge in [0.1, 0.15) is 12.1 Å². The van der Waals surface area contributed by atoms with Crippen molar-refractivity contribution in [2.45, 2.75) is 32.5 Å². The molecule has 2 amide bonds. The Balaban J connectivity index is 1.48. The molecule has 168 valence electrons. The largest absolute Gasteiger partial charge is 0.324 e. The predicted octanol–water partition coefficient (Wildman–Crippen LogP) is 4.07. The minimum Gasteiger partial charge on any atom is -0.324 e. The van der Waals surface area contributed by atoms with Crippen molar-refractivity contribution in [2.24, 2.45) is 0 Å². The van der Waals surface area contributed by atoms with Crippen LogP contribution in [0, 0.1) is 0 Å². The highest BCUT2D eigenvalue weighted by molar-refractivity contribution is 5.96. The van der Waals surface area contributed by atoms with E-state index in [-0.39, 0.29) is 11.8 Å². The average Bonchev–Trinajstić information content (AvgIpc) is 3.57. The Labute approximate surface area is 192 Å². The lowest BCUT2D eigenvalue weighted by Crippen LogP contribution is -2.36. The average molecular weight is 443 g/mol. The molecule has 0 aliphatic rings. The van der Waals surface area contributed by atoms with Crippen molar-refractivity contribution in [1.29, 1.82) is 0 Å². The Morgan fingerprint density at radius 3 is 2.03 bits per heavy atom. The van der Waals surface area contributed by atoms with Gasteiger partial charge in [0.15, 0.2) is 0 Å². The molecule has 2 aromatic carbocycles. The van der Waals surface area contributed by atoms with E-state index in [1.807, 2.05) is 61.5 Å². The Hall–Kier alpha value is -4.20. The summed E-state index contributed by atoms with van der Waals surface area (Å²) < 4.78 is 3.26. The van der Waals surface area contributed by atoms with Crippen LogP contribution in [0.2, 0.25) is 0 Å². The molecule has 8 nitrogen and oxygen atoms in total. The second kappa shape index (κ2) is 9.95. The monoisotopic (exact) mass is 442 g/mol. The molecule has 0 unspecified atom stereocenters. The van der Waals surface area contributed by atoms with E-state index < -0.39 is 12.1 Å². The van der Waals surface area contributed by atoms with Crippen LogP contribution in [-0.4, -0.2) is 31.4 Å². The number of aromatic nitrogens is 4. The minimum absolute atomic E-state index is 0.0599. The van der Waals surface area contributed by atoms with Gasteiger partial charge >= 0.3 is 0 Å². The molecule has 2 aromatic heterocycles. The third-order valence-electron chi connectivity index (χ3n) is 5.48. The van der Waals surface area contributed by atoms with Gasteiger partial charge < -0.3 is 10.2 Å². The molecule has 0 saturated carbocycles. The van der Waals surface area contributed by atoms with Gasteiger partial charge in [-0.3, -0.25) is 19.0 Å². The first-order chi connectivity index (χ1) is 16.0. The zero-order chi connectivity index (χ0) is 23.2. The summed E-state index contributed by atoms with van der Waals surface area (Å²) in [5.74, 6) is -0.212. The second-order valence-corrected chi connectivity index (χ2v) is 7.77. The number of hydrogen-bond acceptors (Lipinski definition) is 4. The summed E-state index contributed by atoms with van der Waals surface area (Å²) in [5.41, 5.74) is 2.44. The number of amides is 2. The van der Waals surface area contributed by atoms with Crippen LogP contribution < -0.4 is 10.2 Å². The molecule has 4 rings (SSSR count). The standard InChI is InChI=1S/C25H26N6O2/c1-19(30-16-6-14-26-30)24(32)28-22-12-10-21(11-13-22)18-29(23-8-4-3-5-9-23)25(33)20(2)31-17-7-15-27-31/h3-17,19-20H,18H2,1-2H3,(H,28,32)/t19-,20+/m1/s1. The Morgan fingerprint density at radius 2 is 1.45 bits per heavy atom. The van der Waals surface area contributed by atoms with E-state index in [9.17, 15) is 9.59 Å². The van der Waals surface area contributed by atoms with Gasteiger partial charge in [-0.25, -0.2) is 0 Å². The first kappa shape index (κ1) is 22.0. The zero-order valence-corrected chi connectivity index (χ0v) is 18.6. The number of rotatable bonds is 8. The van der Waals surface area contributed by atoms with Crippen molar-refractivity contribution in [1.82, 2.24) is 19.6 Å². The summed E-state index contributed by atoms with van der Waals surface area (Å²) in [6.07, 6.45) is 6.85. The van der Waals surface area contributed by atoms with Gasteiger partial charge in [-0.05, 0) is 55.8 Å². The fourth-order valence-corrected chi connectivity index (χ4v) is 3.51. The van der Waals surface area contributed by atoms with Crippen LogP contribution in [0.5, 0.6) is 0 Å². The minimum atomic E-state index is -0.442. The maximum atomic E-state index is 13.3. The molecule has 0 aliphatic carbocycles. The molecule has 1 N–H and O–H groups in total. The fourth-order valence-electron chi connectivity index (χ4n) is 3.51. The van der Waals surface area contributed by atoms with Gasteiger partial charge in [-0.2, -0.15) is 10.2 Å². The Kier molecular flexibility index (Phi) is 6.64. The summed E-state index contributed by atoms with van der Waals surface area (Å²) in [5, 5.41) is 11.2. The predicted molar refractivity (Wildman–Crippen MR) is 127 cm³/mol. The van der Waals surface area contributed by atoms with Crippen molar-refractivity contribution in [3.05, 3.63) is 97.1 Å². The van der Waals surface area contributed by atoms with Crippen LogP contribution in [0.1, 0.15) is 31.5 Å². The molecule has 0 bridgehead atoms. The molecular weight excluding hydrogens is 416 g/mol. The van der Waals surface area contributed by atoms with Gasteiger partial charge in [0.05, 0.1) is 6.54 Å². The lowest BCUT2D eigenvalue weighted by Gasteiger charge is -2.26. The third-order valence-corrected chi connectivity index (χ3v) is 5.48. The third kappa shape index (κ3) is 5.17. The van der Waals surface area contributed by atoms with Crippen molar-refractivity contribution in [3.8, 4) is 0 Å². The molecule has 33 heavy (non-hydrogen) atoms. The van der Waals surface area contributed by atoms with Gasteiger partial charge in [-0.15, -0.1) is 0 Å². The van der Waals surface area contributed by atoms with E-state index in [0.29, 0.717) is 12.2 Å². The van der Waals surface area contributed by atoms with Crippen LogP contribution in [0.25, 0.3) is 0 Å². The number of nitrogens with one attached hydrogen (secondary N) is 1. The number of nitrogens with zero attached hydrogens (tertiary/aromatic N) is 5. The van der Waals surface area contributed by atoms with Crippen molar-refractivity contribution in [3.63, 3.8) is 0 Å². The summed E-state index contributed by atoms with van der Waals surface area (Å²) in [7, 11) is 0. The summed E-state index contributed by atoms with van der Waals surface area (Å²) in [6.45, 7) is 4.03. The second-order valence-electron chi connectivity index (χ2n) is 7.77. The normalized spacial score (nSPS) is 12.7. The quantitative estimate of drug-likeness (QED) is 0.446. The smallest absolute Gasteiger partial charge is 0.251 e. The first-order valence-corrected chi connectivity index (χ1v) is 10.8. The van der Waals surface area contributed by atoms with E-state index in [1.165, 1.54) is 0 Å².